The molecule has 0 aliphatic rings. The first-order chi connectivity index (χ1) is 11.8. The molecule has 0 saturated carbocycles. The highest BCUT2D eigenvalue weighted by Crippen LogP contribution is 2.21. The number of hydrogen-bond donors (Lipinski definition) is 1. The van der Waals surface area contributed by atoms with Crippen molar-refractivity contribution in [3.63, 3.8) is 0 Å². The predicted octanol–water partition coefficient (Wildman–Crippen LogP) is 4.55. The second kappa shape index (κ2) is 8.32. The molecule has 0 fully saturated rings. The molecule has 1 unspecified atom stereocenters. The zero-order valence-electron chi connectivity index (χ0n) is 13.6. The van der Waals surface area contributed by atoms with E-state index in [1.807, 2.05) is 6.92 Å². The lowest BCUT2D eigenvalue weighted by Crippen LogP contribution is -2.30. The summed E-state index contributed by atoms with van der Waals surface area (Å²) in [6.07, 6.45) is -1.42. The van der Waals surface area contributed by atoms with E-state index in [9.17, 15) is 14.0 Å². The van der Waals surface area contributed by atoms with Crippen LogP contribution in [0.4, 0.5) is 10.1 Å². The summed E-state index contributed by atoms with van der Waals surface area (Å²) in [7, 11) is 0. The maximum Gasteiger partial charge on any atom is 0.311 e. The van der Waals surface area contributed by atoms with Crippen molar-refractivity contribution in [3.05, 3.63) is 63.4 Å². The van der Waals surface area contributed by atoms with Gasteiger partial charge in [0.1, 0.15) is 5.82 Å². The van der Waals surface area contributed by atoms with Gasteiger partial charge in [0, 0.05) is 21.3 Å². The number of benzene rings is 2. The lowest BCUT2D eigenvalue weighted by atomic mass is 10.1. The largest absolute Gasteiger partial charge is 0.452 e. The maximum absolute atomic E-state index is 13.7. The number of amides is 1. The predicted molar refractivity (Wildman–Crippen MR) is 95.5 cm³/mol. The molecule has 132 valence electrons. The van der Waals surface area contributed by atoms with E-state index in [0.717, 1.165) is 5.56 Å². The van der Waals surface area contributed by atoms with Crippen molar-refractivity contribution in [2.75, 3.05) is 5.32 Å². The summed E-state index contributed by atoms with van der Waals surface area (Å²) in [6, 6.07) is 9.18. The molecule has 2 aromatic rings. The van der Waals surface area contributed by atoms with Gasteiger partial charge in [-0.1, -0.05) is 35.3 Å². The first-order valence-electron chi connectivity index (χ1n) is 7.47. The molecule has 0 radical (unpaired) electrons. The molecule has 25 heavy (non-hydrogen) atoms. The zero-order valence-corrected chi connectivity index (χ0v) is 15.1. The molecule has 1 N–H and O–H groups in total. The molecule has 0 spiro atoms. The Hall–Kier alpha value is -2.11. The smallest absolute Gasteiger partial charge is 0.311 e. The van der Waals surface area contributed by atoms with Gasteiger partial charge in [-0.05, 0) is 43.7 Å². The highest BCUT2D eigenvalue weighted by Gasteiger charge is 2.20. The van der Waals surface area contributed by atoms with Gasteiger partial charge in [-0.25, -0.2) is 4.39 Å². The Morgan fingerprint density at radius 2 is 1.96 bits per heavy atom. The van der Waals surface area contributed by atoms with E-state index in [1.54, 1.807) is 18.2 Å². The fourth-order valence-electron chi connectivity index (χ4n) is 2.10. The van der Waals surface area contributed by atoms with E-state index < -0.39 is 23.8 Å². The number of esters is 1. The molecule has 2 rings (SSSR count). The number of rotatable bonds is 5. The summed E-state index contributed by atoms with van der Waals surface area (Å²) in [5.41, 5.74) is 1.37. The highest BCUT2D eigenvalue weighted by atomic mass is 35.5. The number of halogens is 3. The molecule has 0 saturated heterocycles. The van der Waals surface area contributed by atoms with Crippen molar-refractivity contribution < 1.29 is 18.7 Å². The van der Waals surface area contributed by atoms with E-state index >= 15 is 0 Å². The minimum absolute atomic E-state index is 0.0347. The van der Waals surface area contributed by atoms with Crippen molar-refractivity contribution in [2.45, 2.75) is 26.4 Å². The second-order valence-electron chi connectivity index (χ2n) is 5.46. The van der Waals surface area contributed by atoms with Gasteiger partial charge in [-0.15, -0.1) is 0 Å². The van der Waals surface area contributed by atoms with Gasteiger partial charge in [-0.3, -0.25) is 9.59 Å². The lowest BCUT2D eigenvalue weighted by Gasteiger charge is -2.15. The van der Waals surface area contributed by atoms with Crippen molar-refractivity contribution >= 4 is 40.8 Å². The summed E-state index contributed by atoms with van der Waals surface area (Å²) < 4.78 is 18.8. The monoisotopic (exact) mass is 383 g/mol. The molecular formula is C18H16Cl2FNO3. The van der Waals surface area contributed by atoms with Crippen LogP contribution >= 0.6 is 23.2 Å². The summed E-state index contributed by atoms with van der Waals surface area (Å²) in [4.78, 5) is 24.1. The van der Waals surface area contributed by atoms with Crippen LogP contribution in [0.5, 0.6) is 0 Å². The Morgan fingerprint density at radius 1 is 1.24 bits per heavy atom. The first-order valence-corrected chi connectivity index (χ1v) is 8.23. The molecule has 0 aromatic heterocycles. The average Bonchev–Trinajstić information content (AvgIpc) is 2.54. The molecule has 1 amide bonds. The zero-order chi connectivity index (χ0) is 18.6. The van der Waals surface area contributed by atoms with Crippen molar-refractivity contribution in [2.24, 2.45) is 0 Å². The van der Waals surface area contributed by atoms with Gasteiger partial charge >= 0.3 is 5.97 Å². The normalized spacial score (nSPS) is 11.7. The van der Waals surface area contributed by atoms with Crippen LogP contribution in [0, 0.1) is 12.7 Å². The Morgan fingerprint density at radius 3 is 2.64 bits per heavy atom. The maximum atomic E-state index is 13.7. The Bertz CT molecular complexity index is 791. The number of carbonyl (C=O) groups excluding carboxylic acids is 2. The summed E-state index contributed by atoms with van der Waals surface area (Å²) in [5, 5.41) is 3.24. The van der Waals surface area contributed by atoms with Crippen LogP contribution in [-0.2, 0) is 20.7 Å². The molecule has 0 aliphatic carbocycles. The third-order valence-corrected chi connectivity index (χ3v) is 4.11. The van der Waals surface area contributed by atoms with Gasteiger partial charge < -0.3 is 10.1 Å². The van der Waals surface area contributed by atoms with Crippen LogP contribution in [0.15, 0.2) is 36.4 Å². The molecule has 1 atom stereocenters. The van der Waals surface area contributed by atoms with Crippen LogP contribution in [0.1, 0.15) is 18.1 Å². The minimum Gasteiger partial charge on any atom is -0.452 e. The topological polar surface area (TPSA) is 55.4 Å². The fraction of sp³-hybridized carbons (Fsp3) is 0.222. The number of hydrogen-bond acceptors (Lipinski definition) is 3. The molecule has 0 aliphatic heterocycles. The van der Waals surface area contributed by atoms with Gasteiger partial charge in [0.05, 0.1) is 6.42 Å². The highest BCUT2D eigenvalue weighted by molar-refractivity contribution is 6.31. The van der Waals surface area contributed by atoms with E-state index in [4.69, 9.17) is 27.9 Å². The average molecular weight is 384 g/mol. The van der Waals surface area contributed by atoms with Crippen LogP contribution in [0.2, 0.25) is 10.0 Å². The van der Waals surface area contributed by atoms with Crippen LogP contribution in [0.25, 0.3) is 0 Å². The Balaban J connectivity index is 1.98. The van der Waals surface area contributed by atoms with E-state index in [2.05, 4.69) is 5.32 Å². The second-order valence-corrected chi connectivity index (χ2v) is 6.30. The van der Waals surface area contributed by atoms with Crippen molar-refractivity contribution in [1.29, 1.82) is 0 Å². The Kier molecular flexibility index (Phi) is 6.39. The molecule has 0 heterocycles. The van der Waals surface area contributed by atoms with Crippen LogP contribution < -0.4 is 5.32 Å². The summed E-state index contributed by atoms with van der Waals surface area (Å²) in [5.74, 6) is -1.87. The van der Waals surface area contributed by atoms with Crippen molar-refractivity contribution in [3.8, 4) is 0 Å². The molecule has 0 bridgehead atoms. The van der Waals surface area contributed by atoms with E-state index in [-0.39, 0.29) is 17.0 Å². The quantitative estimate of drug-likeness (QED) is 0.770. The van der Waals surface area contributed by atoms with Crippen LogP contribution in [-0.4, -0.2) is 18.0 Å². The SMILES string of the molecule is Cc1ccc(Cl)cc1NC(=O)C(C)OC(=O)Cc1c(F)cccc1Cl. The number of carbonyl (C=O) groups is 2. The number of ether oxygens (including phenoxy) is 1. The van der Waals surface area contributed by atoms with Gasteiger partial charge in [0.25, 0.3) is 5.91 Å². The molecule has 7 heteroatoms. The molecule has 2 aromatic carbocycles. The van der Waals surface area contributed by atoms with E-state index in [1.165, 1.54) is 25.1 Å². The number of nitrogens with one attached hydrogen (secondary N) is 1. The number of anilines is 1. The standard InChI is InChI=1S/C18H16Cl2FNO3/c1-10-6-7-12(19)8-16(10)22-18(24)11(2)25-17(23)9-13-14(20)4-3-5-15(13)21/h3-8,11H,9H2,1-2H3,(H,22,24). The lowest BCUT2D eigenvalue weighted by molar-refractivity contribution is -0.152. The summed E-state index contributed by atoms with van der Waals surface area (Å²) in [6.45, 7) is 3.23. The first kappa shape index (κ1) is 19.2. The number of aryl methyl sites for hydroxylation is 1. The van der Waals surface area contributed by atoms with Gasteiger partial charge in [-0.2, -0.15) is 0 Å². The van der Waals surface area contributed by atoms with Crippen molar-refractivity contribution in [1.82, 2.24) is 0 Å². The van der Waals surface area contributed by atoms with E-state index in [0.29, 0.717) is 10.7 Å². The fourth-order valence-corrected chi connectivity index (χ4v) is 2.50. The third-order valence-electron chi connectivity index (χ3n) is 3.52. The molecular weight excluding hydrogens is 368 g/mol. The van der Waals surface area contributed by atoms with Gasteiger partial charge in [0.2, 0.25) is 0 Å². The van der Waals surface area contributed by atoms with Gasteiger partial charge in [0.15, 0.2) is 6.10 Å². The van der Waals surface area contributed by atoms with Crippen LogP contribution in [0.3, 0.4) is 0 Å². The molecule has 4 nitrogen and oxygen atoms in total. The third kappa shape index (κ3) is 5.18. The summed E-state index contributed by atoms with van der Waals surface area (Å²) >= 11 is 11.8. The minimum atomic E-state index is -1.06. The Labute approximate surface area is 154 Å².